The van der Waals surface area contributed by atoms with Crippen molar-refractivity contribution in [2.45, 2.75) is 32.7 Å². The van der Waals surface area contributed by atoms with E-state index in [2.05, 4.69) is 58.4 Å². The molecule has 4 heteroatoms. The van der Waals surface area contributed by atoms with Crippen LogP contribution >= 0.6 is 0 Å². The Hall–Kier alpha value is -3.14. The van der Waals surface area contributed by atoms with Crippen molar-refractivity contribution in [3.8, 4) is 0 Å². The first-order valence-corrected chi connectivity index (χ1v) is 9.93. The third kappa shape index (κ3) is 3.91. The number of hydrogen-bond donors (Lipinski definition) is 1. The third-order valence-electron chi connectivity index (χ3n) is 5.04. The normalized spacial score (nSPS) is 11.2. The first-order chi connectivity index (χ1) is 13.7. The summed E-state index contributed by atoms with van der Waals surface area (Å²) in [5.41, 5.74) is 3.38. The number of amides is 1. The largest absolute Gasteiger partial charge is 0.356 e. The fourth-order valence-electron chi connectivity index (χ4n) is 3.64. The maximum atomic E-state index is 11.8. The molecule has 1 heterocycles. The highest BCUT2D eigenvalue weighted by molar-refractivity contribution is 5.83. The Morgan fingerprint density at radius 1 is 1.00 bits per heavy atom. The second-order valence-corrected chi connectivity index (χ2v) is 7.13. The zero-order valence-corrected chi connectivity index (χ0v) is 16.2. The maximum Gasteiger partial charge on any atom is 0.219 e. The van der Waals surface area contributed by atoms with Crippen LogP contribution in [0.2, 0.25) is 0 Å². The van der Waals surface area contributed by atoms with Gasteiger partial charge in [-0.2, -0.15) is 0 Å². The molecule has 0 radical (unpaired) electrons. The molecule has 142 valence electrons. The molecule has 0 unspecified atom stereocenters. The first-order valence-electron chi connectivity index (χ1n) is 9.93. The number of fused-ring (bicyclic) bond motifs is 2. The minimum absolute atomic E-state index is 0.111. The zero-order valence-electron chi connectivity index (χ0n) is 16.2. The molecule has 0 atom stereocenters. The Labute approximate surface area is 165 Å². The Kier molecular flexibility index (Phi) is 5.38. The molecule has 0 saturated carbocycles. The van der Waals surface area contributed by atoms with Gasteiger partial charge in [-0.1, -0.05) is 55.5 Å². The lowest BCUT2D eigenvalue weighted by molar-refractivity contribution is -0.121. The molecule has 1 aromatic heterocycles. The van der Waals surface area contributed by atoms with Crippen LogP contribution in [0.3, 0.4) is 0 Å². The molecule has 4 nitrogen and oxygen atoms in total. The Morgan fingerprint density at radius 3 is 2.64 bits per heavy atom. The van der Waals surface area contributed by atoms with E-state index in [1.165, 1.54) is 16.3 Å². The Bertz CT molecular complexity index is 1110. The molecular formula is C24H25N3O. The lowest BCUT2D eigenvalue weighted by Gasteiger charge is -2.11. The van der Waals surface area contributed by atoms with Gasteiger partial charge in [-0.05, 0) is 41.0 Å². The van der Waals surface area contributed by atoms with Gasteiger partial charge in [0.15, 0.2) is 0 Å². The van der Waals surface area contributed by atoms with Crippen molar-refractivity contribution < 1.29 is 4.79 Å². The molecule has 0 spiro atoms. The number of nitrogens with one attached hydrogen (secondary N) is 1. The smallest absolute Gasteiger partial charge is 0.219 e. The second-order valence-electron chi connectivity index (χ2n) is 7.13. The fraction of sp³-hybridized carbons (Fsp3) is 0.250. The van der Waals surface area contributed by atoms with E-state index in [9.17, 15) is 4.79 Å². The van der Waals surface area contributed by atoms with E-state index in [1.807, 2.05) is 25.1 Å². The predicted octanol–water partition coefficient (Wildman–Crippen LogP) is 4.70. The van der Waals surface area contributed by atoms with Gasteiger partial charge in [-0.3, -0.25) is 4.79 Å². The van der Waals surface area contributed by atoms with Gasteiger partial charge in [0.05, 0.1) is 11.0 Å². The predicted molar refractivity (Wildman–Crippen MR) is 114 cm³/mol. The SMILES string of the molecule is CCCC(=O)NCCc1nc2ccccc2n1Cc1ccc2ccccc2c1. The summed E-state index contributed by atoms with van der Waals surface area (Å²) in [4.78, 5) is 16.6. The molecule has 0 saturated heterocycles. The van der Waals surface area contributed by atoms with Gasteiger partial charge in [-0.25, -0.2) is 4.98 Å². The fourth-order valence-corrected chi connectivity index (χ4v) is 3.64. The van der Waals surface area contributed by atoms with Gasteiger partial charge in [0.25, 0.3) is 0 Å². The zero-order chi connectivity index (χ0) is 19.3. The van der Waals surface area contributed by atoms with Crippen molar-refractivity contribution >= 4 is 27.7 Å². The summed E-state index contributed by atoms with van der Waals surface area (Å²) in [7, 11) is 0. The quantitative estimate of drug-likeness (QED) is 0.512. The minimum Gasteiger partial charge on any atom is -0.356 e. The van der Waals surface area contributed by atoms with Crippen LogP contribution in [0, 0.1) is 0 Å². The van der Waals surface area contributed by atoms with Crippen LogP contribution in [0.1, 0.15) is 31.2 Å². The van der Waals surface area contributed by atoms with Crippen LogP contribution in [0.5, 0.6) is 0 Å². The molecular weight excluding hydrogens is 346 g/mol. The highest BCUT2D eigenvalue weighted by Crippen LogP contribution is 2.21. The Morgan fingerprint density at radius 2 is 1.79 bits per heavy atom. The van der Waals surface area contributed by atoms with Crippen molar-refractivity contribution in [1.29, 1.82) is 0 Å². The van der Waals surface area contributed by atoms with Gasteiger partial charge in [0.1, 0.15) is 5.82 Å². The van der Waals surface area contributed by atoms with Crippen LogP contribution < -0.4 is 5.32 Å². The second kappa shape index (κ2) is 8.26. The van der Waals surface area contributed by atoms with Gasteiger partial charge in [-0.15, -0.1) is 0 Å². The van der Waals surface area contributed by atoms with Crippen LogP contribution in [0.4, 0.5) is 0 Å². The molecule has 28 heavy (non-hydrogen) atoms. The molecule has 0 aliphatic heterocycles. The molecule has 1 N–H and O–H groups in total. The van der Waals surface area contributed by atoms with E-state index >= 15 is 0 Å². The van der Waals surface area contributed by atoms with E-state index in [-0.39, 0.29) is 5.91 Å². The summed E-state index contributed by atoms with van der Waals surface area (Å²) in [5.74, 6) is 1.12. The molecule has 0 fully saturated rings. The Balaban J connectivity index is 1.61. The number of carbonyl (C=O) groups is 1. The minimum atomic E-state index is 0.111. The van der Waals surface area contributed by atoms with Gasteiger partial charge in [0.2, 0.25) is 5.91 Å². The van der Waals surface area contributed by atoms with E-state index in [4.69, 9.17) is 4.98 Å². The molecule has 0 aliphatic rings. The van der Waals surface area contributed by atoms with Gasteiger partial charge < -0.3 is 9.88 Å². The van der Waals surface area contributed by atoms with E-state index in [0.29, 0.717) is 13.0 Å². The maximum absolute atomic E-state index is 11.8. The van der Waals surface area contributed by atoms with Crippen molar-refractivity contribution in [2.75, 3.05) is 6.54 Å². The standard InChI is InChI=1S/C24H25N3O/c1-2-7-24(28)25-15-14-23-26-21-10-5-6-11-22(21)27(23)17-18-12-13-19-8-3-4-9-20(19)16-18/h3-6,8-13,16H,2,7,14-15,17H2,1H3,(H,25,28). The lowest BCUT2D eigenvalue weighted by Crippen LogP contribution is -2.26. The molecule has 3 aromatic carbocycles. The number of carbonyl (C=O) groups excluding carboxylic acids is 1. The molecule has 4 aromatic rings. The van der Waals surface area contributed by atoms with Crippen LogP contribution in [0.25, 0.3) is 21.8 Å². The summed E-state index contributed by atoms with van der Waals surface area (Å²) < 4.78 is 2.27. The van der Waals surface area contributed by atoms with Crippen molar-refractivity contribution in [3.05, 3.63) is 78.1 Å². The highest BCUT2D eigenvalue weighted by atomic mass is 16.1. The summed E-state index contributed by atoms with van der Waals surface area (Å²) in [6.45, 7) is 3.39. The van der Waals surface area contributed by atoms with Crippen LogP contribution in [-0.2, 0) is 17.8 Å². The monoisotopic (exact) mass is 371 g/mol. The average molecular weight is 371 g/mol. The molecule has 0 bridgehead atoms. The average Bonchev–Trinajstić information content (AvgIpc) is 3.05. The van der Waals surface area contributed by atoms with E-state index < -0.39 is 0 Å². The van der Waals surface area contributed by atoms with Crippen molar-refractivity contribution in [2.24, 2.45) is 0 Å². The number of aromatic nitrogens is 2. The number of rotatable bonds is 7. The van der Waals surface area contributed by atoms with E-state index in [1.54, 1.807) is 0 Å². The van der Waals surface area contributed by atoms with Gasteiger partial charge in [0, 0.05) is 25.9 Å². The van der Waals surface area contributed by atoms with Crippen molar-refractivity contribution in [3.63, 3.8) is 0 Å². The summed E-state index contributed by atoms with van der Waals surface area (Å²) in [6.07, 6.45) is 2.16. The number of para-hydroxylation sites is 2. The highest BCUT2D eigenvalue weighted by Gasteiger charge is 2.11. The molecule has 4 rings (SSSR count). The third-order valence-corrected chi connectivity index (χ3v) is 5.04. The van der Waals surface area contributed by atoms with Gasteiger partial charge >= 0.3 is 0 Å². The van der Waals surface area contributed by atoms with Crippen LogP contribution in [-0.4, -0.2) is 22.0 Å². The summed E-state index contributed by atoms with van der Waals surface area (Å²) in [6, 6.07) is 23.3. The molecule has 1 amide bonds. The number of hydrogen-bond acceptors (Lipinski definition) is 2. The number of benzene rings is 3. The van der Waals surface area contributed by atoms with Crippen molar-refractivity contribution in [1.82, 2.24) is 14.9 Å². The lowest BCUT2D eigenvalue weighted by atomic mass is 10.1. The topological polar surface area (TPSA) is 46.9 Å². The first kappa shape index (κ1) is 18.2. The van der Waals surface area contributed by atoms with E-state index in [0.717, 1.165) is 36.2 Å². The number of nitrogens with zero attached hydrogens (tertiary/aromatic N) is 2. The summed E-state index contributed by atoms with van der Waals surface area (Å²) in [5, 5.41) is 5.50. The molecule has 0 aliphatic carbocycles. The number of imidazole rings is 1. The van der Waals surface area contributed by atoms with Crippen LogP contribution in [0.15, 0.2) is 66.7 Å². The summed E-state index contributed by atoms with van der Waals surface area (Å²) >= 11 is 0.